The number of rotatable bonds is 33. The molecule has 2 heterocycles. The van der Waals surface area contributed by atoms with Crippen LogP contribution in [0.3, 0.4) is 0 Å². The summed E-state index contributed by atoms with van der Waals surface area (Å²) in [5.41, 5.74) is 1.41. The van der Waals surface area contributed by atoms with Crippen LogP contribution in [0.1, 0.15) is 43.9 Å². The van der Waals surface area contributed by atoms with Gasteiger partial charge in [0.2, 0.25) is 11.8 Å². The number of nitrogens with zero attached hydrogens (tertiary/aromatic N) is 1. The van der Waals surface area contributed by atoms with Crippen LogP contribution < -0.4 is 10.6 Å². The summed E-state index contributed by atoms with van der Waals surface area (Å²) in [6, 6.07) is 12.7. The number of hydrogen-bond acceptors (Lipinski definition) is 16. The van der Waals surface area contributed by atoms with Gasteiger partial charge in [0.15, 0.2) is 0 Å². The molecule has 0 saturated carbocycles. The Morgan fingerprint density at radius 2 is 1.03 bits per heavy atom. The van der Waals surface area contributed by atoms with Crippen LogP contribution in [0, 0.1) is 0 Å². The highest BCUT2D eigenvalue weighted by Gasteiger charge is 2.45. The Balaban J connectivity index is 0.831. The topological polar surface area (TPSA) is 205 Å². The lowest BCUT2D eigenvalue weighted by molar-refractivity contribution is -0.136. The third kappa shape index (κ3) is 16.8. The number of nitrogens with one attached hydrogen (secondary N) is 2. The first-order valence-corrected chi connectivity index (χ1v) is 19.5. The van der Waals surface area contributed by atoms with Gasteiger partial charge >= 0.3 is 5.97 Å². The van der Waals surface area contributed by atoms with Gasteiger partial charge < -0.3 is 52.7 Å². The number of fused-ring (bicyclic) bond motifs is 1. The Bertz CT molecular complexity index is 1550. The number of carbonyl (C=O) groups excluding carboxylic acids is 5. The first-order valence-electron chi connectivity index (χ1n) is 19.5. The number of benzene rings is 2. The van der Waals surface area contributed by atoms with Gasteiger partial charge in [0.25, 0.3) is 11.8 Å². The Hall–Kier alpha value is -4.37. The lowest BCUT2D eigenvalue weighted by atomic mass is 10.0. The maximum atomic E-state index is 13.2. The quantitative estimate of drug-likeness (QED) is 0.0595. The van der Waals surface area contributed by atoms with E-state index in [4.69, 9.17) is 47.4 Å². The van der Waals surface area contributed by atoms with Gasteiger partial charge in [-0.15, -0.1) is 0 Å². The van der Waals surface area contributed by atoms with Crippen molar-refractivity contribution >= 4 is 35.3 Å². The Morgan fingerprint density at radius 1 is 0.569 bits per heavy atom. The fourth-order valence-electron chi connectivity index (χ4n) is 5.63. The molecule has 4 amide bonds. The Kier molecular flexibility index (Phi) is 22.5. The van der Waals surface area contributed by atoms with Crippen LogP contribution in [0.25, 0.3) is 0 Å². The summed E-state index contributed by atoms with van der Waals surface area (Å²) in [5, 5.41) is 5.33. The minimum atomic E-state index is -1.01. The Morgan fingerprint density at radius 3 is 1.52 bits per heavy atom. The van der Waals surface area contributed by atoms with Gasteiger partial charge in [0.1, 0.15) is 12.6 Å². The van der Waals surface area contributed by atoms with Crippen LogP contribution in [0.15, 0.2) is 48.5 Å². The number of carbonyl (C=O) groups is 5. The van der Waals surface area contributed by atoms with Crippen molar-refractivity contribution in [3.05, 3.63) is 65.2 Å². The molecule has 0 aromatic heterocycles. The summed E-state index contributed by atoms with van der Waals surface area (Å²) in [6.45, 7) is 8.10. The van der Waals surface area contributed by atoms with Crippen molar-refractivity contribution in [3.8, 4) is 0 Å². The van der Waals surface area contributed by atoms with E-state index in [0.717, 1.165) is 4.90 Å². The minimum absolute atomic E-state index is 0.0621. The van der Waals surface area contributed by atoms with Gasteiger partial charge in [-0.25, -0.2) is 4.79 Å². The third-order valence-corrected chi connectivity index (χ3v) is 8.48. The zero-order chi connectivity index (χ0) is 41.0. The maximum absolute atomic E-state index is 13.2. The molecule has 0 radical (unpaired) electrons. The first-order chi connectivity index (χ1) is 28.5. The molecule has 1 saturated heterocycles. The second-order valence-corrected chi connectivity index (χ2v) is 12.6. The summed E-state index contributed by atoms with van der Waals surface area (Å²) in [4.78, 5) is 62.7. The molecule has 2 N–H and O–H groups in total. The number of imide groups is 2. The minimum Gasteiger partial charge on any atom is -0.460 e. The maximum Gasteiger partial charge on any atom is 0.338 e. The van der Waals surface area contributed by atoms with Crippen LogP contribution in [-0.2, 0) is 57.0 Å². The number of amides is 4. The van der Waals surface area contributed by atoms with Crippen molar-refractivity contribution in [1.82, 2.24) is 10.2 Å². The van der Waals surface area contributed by atoms with Gasteiger partial charge in [0, 0.05) is 18.7 Å². The van der Waals surface area contributed by atoms with Gasteiger partial charge in [-0.3, -0.25) is 29.4 Å². The van der Waals surface area contributed by atoms with E-state index in [9.17, 15) is 24.0 Å². The van der Waals surface area contributed by atoms with E-state index in [0.29, 0.717) is 137 Å². The van der Waals surface area contributed by atoms with Crippen LogP contribution in [0.2, 0.25) is 0 Å². The predicted octanol–water partition coefficient (Wildman–Crippen LogP) is 1.51. The molecule has 2 aromatic rings. The van der Waals surface area contributed by atoms with Crippen molar-refractivity contribution in [1.29, 1.82) is 0 Å². The highest BCUT2D eigenvalue weighted by atomic mass is 16.6. The van der Waals surface area contributed by atoms with Crippen molar-refractivity contribution in [2.45, 2.75) is 18.9 Å². The number of ether oxygens (including phenoxy) is 10. The highest BCUT2D eigenvalue weighted by molar-refractivity contribution is 6.25. The van der Waals surface area contributed by atoms with Crippen molar-refractivity contribution in [2.24, 2.45) is 0 Å². The van der Waals surface area contributed by atoms with E-state index in [-0.39, 0.29) is 36.5 Å². The van der Waals surface area contributed by atoms with E-state index in [1.807, 2.05) is 6.07 Å². The Labute approximate surface area is 337 Å². The molecule has 2 aliphatic heterocycles. The molecule has 18 heteroatoms. The number of esters is 1. The van der Waals surface area contributed by atoms with Crippen LogP contribution in [0.4, 0.5) is 5.69 Å². The fourth-order valence-corrected chi connectivity index (χ4v) is 5.63. The largest absolute Gasteiger partial charge is 0.460 e. The van der Waals surface area contributed by atoms with E-state index in [1.165, 1.54) is 0 Å². The number of piperidine rings is 1. The molecular weight excluding hydrogens is 762 g/mol. The monoisotopic (exact) mass is 817 g/mol. The molecule has 2 aliphatic rings. The van der Waals surface area contributed by atoms with Gasteiger partial charge in [-0.1, -0.05) is 24.3 Å². The van der Waals surface area contributed by atoms with Crippen molar-refractivity contribution < 1.29 is 71.3 Å². The predicted molar refractivity (Wildman–Crippen MR) is 206 cm³/mol. The van der Waals surface area contributed by atoms with E-state index >= 15 is 0 Å². The average Bonchev–Trinajstić information content (AvgIpc) is 3.49. The summed E-state index contributed by atoms with van der Waals surface area (Å²) >= 11 is 0. The molecule has 0 aliphatic carbocycles. The fraction of sp³-hybridized carbons (Fsp3) is 0.575. The molecule has 1 unspecified atom stereocenters. The molecule has 18 nitrogen and oxygen atoms in total. The molecule has 4 rings (SSSR count). The van der Waals surface area contributed by atoms with E-state index < -0.39 is 29.7 Å². The first kappa shape index (κ1) is 46.3. The number of hydrogen-bond donors (Lipinski definition) is 2. The molecular formula is C40H55N3O15. The number of anilines is 1. The smallest absolute Gasteiger partial charge is 0.338 e. The van der Waals surface area contributed by atoms with Gasteiger partial charge in [0.05, 0.1) is 136 Å². The van der Waals surface area contributed by atoms with Crippen molar-refractivity contribution in [2.75, 3.05) is 137 Å². The summed E-state index contributed by atoms with van der Waals surface area (Å²) in [6.07, 6.45) is 0.162. The third-order valence-electron chi connectivity index (χ3n) is 8.48. The molecule has 320 valence electrons. The second kappa shape index (κ2) is 28.1. The molecule has 1 fully saturated rings. The van der Waals surface area contributed by atoms with Crippen LogP contribution in [0.5, 0.6) is 0 Å². The van der Waals surface area contributed by atoms with Crippen LogP contribution in [-0.4, -0.2) is 173 Å². The highest BCUT2D eigenvalue weighted by Crippen LogP contribution is 2.32. The van der Waals surface area contributed by atoms with Crippen LogP contribution >= 0.6 is 0 Å². The standard InChI is InChI=1S/C40H55N3O15/c44-35-10-9-34(37(45)42-35)43-38(46)32-7-4-8-33(36(32)39(43)47)41-11-12-49-13-14-50-15-16-51-17-18-52-19-20-53-21-22-54-23-24-55-25-26-56-27-28-57-29-30-58-40(48)31-5-2-1-3-6-31/h1-8,34,41H,9-30H2,(H,42,44,45). The molecule has 0 spiro atoms. The SMILES string of the molecule is O=C1CCC(N2C(=O)c3cccc(NCCOCCOCCOCCOCCOCCOCCOCCOCCOCCOC(=O)c4ccccc4)c3C2=O)C(=O)N1. The molecule has 2 aromatic carbocycles. The lowest BCUT2D eigenvalue weighted by Gasteiger charge is -2.27. The second-order valence-electron chi connectivity index (χ2n) is 12.6. The zero-order valence-electron chi connectivity index (χ0n) is 32.8. The van der Waals surface area contributed by atoms with Crippen molar-refractivity contribution in [3.63, 3.8) is 0 Å². The molecule has 1 atom stereocenters. The van der Waals surface area contributed by atoms with E-state index in [1.54, 1.807) is 42.5 Å². The molecule has 58 heavy (non-hydrogen) atoms. The lowest BCUT2D eigenvalue weighted by Crippen LogP contribution is -2.54. The van der Waals surface area contributed by atoms with E-state index in [2.05, 4.69) is 10.6 Å². The normalized spacial score (nSPS) is 15.2. The van der Waals surface area contributed by atoms with Gasteiger partial charge in [-0.05, 0) is 30.7 Å². The molecule has 0 bridgehead atoms. The summed E-state index contributed by atoms with van der Waals surface area (Å²) in [7, 11) is 0. The zero-order valence-corrected chi connectivity index (χ0v) is 32.8. The van der Waals surface area contributed by atoms with Gasteiger partial charge in [-0.2, -0.15) is 0 Å². The average molecular weight is 818 g/mol. The summed E-state index contributed by atoms with van der Waals surface area (Å²) < 4.78 is 54.5. The summed E-state index contributed by atoms with van der Waals surface area (Å²) in [5.74, 6) is -2.55.